The Morgan fingerprint density at radius 1 is 0.417 bits per heavy atom. The van der Waals surface area contributed by atoms with Gasteiger partial charge in [-0.1, -0.05) is 181 Å². The van der Waals surface area contributed by atoms with Crippen LogP contribution < -0.4 is 0 Å². The number of carbonyl (C=O) groups excluding carboxylic acids is 1. The zero-order valence-corrected chi connectivity index (χ0v) is 25.0. The van der Waals surface area contributed by atoms with Crippen LogP contribution in [0, 0.1) is 5.92 Å². The standard InChI is InChI=1S/C34H66O2/c1-3-5-7-9-11-13-15-16-17-18-19-21-22-24-26-28-30-32-33(36-34(32)35)31-29-27-25-23-20-14-12-10-8-6-4-2/h32-33H,3-31H2,1-2H3/t32-,33+/m1/s1. The lowest BCUT2D eigenvalue weighted by molar-refractivity contribution is -0.186. The molecular formula is C34H66O2. The van der Waals surface area contributed by atoms with E-state index in [0.29, 0.717) is 0 Å². The minimum absolute atomic E-state index is 0.0871. The van der Waals surface area contributed by atoms with E-state index in [-0.39, 0.29) is 18.0 Å². The molecule has 0 aromatic rings. The molecule has 0 unspecified atom stereocenters. The predicted molar refractivity (Wildman–Crippen MR) is 159 cm³/mol. The highest BCUT2D eigenvalue weighted by molar-refractivity contribution is 5.78. The van der Waals surface area contributed by atoms with Gasteiger partial charge < -0.3 is 4.74 Å². The van der Waals surface area contributed by atoms with Crippen molar-refractivity contribution in [1.82, 2.24) is 0 Å². The number of unbranched alkanes of at least 4 members (excludes halogenated alkanes) is 25. The molecule has 1 heterocycles. The van der Waals surface area contributed by atoms with Gasteiger partial charge in [0.25, 0.3) is 0 Å². The smallest absolute Gasteiger partial charge is 0.313 e. The van der Waals surface area contributed by atoms with Crippen LogP contribution in [0.15, 0.2) is 0 Å². The van der Waals surface area contributed by atoms with Crippen LogP contribution in [0.25, 0.3) is 0 Å². The van der Waals surface area contributed by atoms with Gasteiger partial charge in [-0.2, -0.15) is 0 Å². The molecule has 1 fully saturated rings. The van der Waals surface area contributed by atoms with Crippen LogP contribution in [-0.4, -0.2) is 12.1 Å². The van der Waals surface area contributed by atoms with Gasteiger partial charge in [-0.05, 0) is 19.3 Å². The van der Waals surface area contributed by atoms with Crippen LogP contribution in [0.2, 0.25) is 0 Å². The highest BCUT2D eigenvalue weighted by atomic mass is 16.6. The molecule has 2 atom stereocenters. The summed E-state index contributed by atoms with van der Waals surface area (Å²) in [6.07, 6.45) is 40.0. The predicted octanol–water partition coefficient (Wildman–Crippen LogP) is 11.9. The third kappa shape index (κ3) is 19.6. The van der Waals surface area contributed by atoms with E-state index in [1.165, 1.54) is 173 Å². The largest absolute Gasteiger partial charge is 0.461 e. The highest BCUT2D eigenvalue weighted by Crippen LogP contribution is 2.31. The first-order valence-electron chi connectivity index (χ1n) is 17.0. The van der Waals surface area contributed by atoms with Crippen molar-refractivity contribution < 1.29 is 9.53 Å². The van der Waals surface area contributed by atoms with Crippen molar-refractivity contribution in [2.75, 3.05) is 0 Å². The summed E-state index contributed by atoms with van der Waals surface area (Å²) in [6, 6.07) is 0. The number of ether oxygens (including phenoxy) is 1. The van der Waals surface area contributed by atoms with E-state index < -0.39 is 0 Å². The normalized spacial score (nSPS) is 17.3. The molecule has 2 heteroatoms. The average Bonchev–Trinajstić information content (AvgIpc) is 2.88. The number of esters is 1. The van der Waals surface area contributed by atoms with Gasteiger partial charge >= 0.3 is 5.97 Å². The van der Waals surface area contributed by atoms with Gasteiger partial charge in [-0.15, -0.1) is 0 Å². The van der Waals surface area contributed by atoms with Gasteiger partial charge in [0.05, 0.1) is 5.92 Å². The molecule has 0 saturated carbocycles. The summed E-state index contributed by atoms with van der Waals surface area (Å²) in [5.41, 5.74) is 0. The minimum Gasteiger partial charge on any atom is -0.461 e. The van der Waals surface area contributed by atoms with Gasteiger partial charge in [0.2, 0.25) is 0 Å². The molecule has 0 aromatic carbocycles. The Kier molecular flexibility index (Phi) is 24.3. The third-order valence-corrected chi connectivity index (χ3v) is 8.48. The Morgan fingerprint density at radius 3 is 1.00 bits per heavy atom. The Hall–Kier alpha value is -0.530. The molecule has 0 radical (unpaired) electrons. The molecule has 1 aliphatic rings. The summed E-state index contributed by atoms with van der Waals surface area (Å²) >= 11 is 0. The molecule has 1 rings (SSSR count). The summed E-state index contributed by atoms with van der Waals surface area (Å²) in [5.74, 6) is 0.309. The Balaban J connectivity index is 1.81. The first-order chi connectivity index (χ1) is 17.8. The summed E-state index contributed by atoms with van der Waals surface area (Å²) in [5, 5.41) is 0. The number of cyclic esters (lactones) is 1. The summed E-state index contributed by atoms with van der Waals surface area (Å²) in [6.45, 7) is 4.58. The molecule has 0 aliphatic carbocycles. The maximum absolute atomic E-state index is 11.9. The molecule has 2 nitrogen and oxygen atoms in total. The van der Waals surface area contributed by atoms with E-state index in [1.807, 2.05) is 0 Å². The minimum atomic E-state index is 0.0871. The summed E-state index contributed by atoms with van der Waals surface area (Å²) in [4.78, 5) is 11.9. The van der Waals surface area contributed by atoms with E-state index in [9.17, 15) is 4.79 Å². The third-order valence-electron chi connectivity index (χ3n) is 8.48. The number of rotatable bonds is 29. The lowest BCUT2D eigenvalue weighted by Gasteiger charge is -2.35. The first kappa shape index (κ1) is 33.5. The van der Waals surface area contributed by atoms with Crippen LogP contribution in [0.5, 0.6) is 0 Å². The van der Waals surface area contributed by atoms with Crippen LogP contribution in [0.1, 0.15) is 200 Å². The SMILES string of the molecule is CCCCCCCCCCCCCCCCCC[C@H]1C(=O)O[C@H]1CCCCCCCCCCCCC. The maximum atomic E-state index is 11.9. The molecule has 1 saturated heterocycles. The molecule has 0 amide bonds. The number of hydrogen-bond acceptors (Lipinski definition) is 2. The zero-order valence-electron chi connectivity index (χ0n) is 25.0. The van der Waals surface area contributed by atoms with Crippen molar-refractivity contribution in [2.45, 2.75) is 206 Å². The number of carbonyl (C=O) groups is 1. The Morgan fingerprint density at radius 2 is 0.694 bits per heavy atom. The topological polar surface area (TPSA) is 26.3 Å². The van der Waals surface area contributed by atoms with Crippen molar-refractivity contribution in [3.63, 3.8) is 0 Å². The Bertz CT molecular complexity index is 460. The van der Waals surface area contributed by atoms with Crippen LogP contribution in [0.4, 0.5) is 0 Å². The van der Waals surface area contributed by atoms with Gasteiger partial charge in [-0.25, -0.2) is 0 Å². The van der Waals surface area contributed by atoms with E-state index in [1.54, 1.807) is 0 Å². The van der Waals surface area contributed by atoms with Gasteiger partial charge in [0.1, 0.15) is 6.10 Å². The van der Waals surface area contributed by atoms with Crippen LogP contribution in [-0.2, 0) is 9.53 Å². The summed E-state index contributed by atoms with van der Waals surface area (Å²) < 4.78 is 5.48. The van der Waals surface area contributed by atoms with Crippen molar-refractivity contribution >= 4 is 5.97 Å². The highest BCUT2D eigenvalue weighted by Gasteiger charge is 2.40. The molecule has 36 heavy (non-hydrogen) atoms. The van der Waals surface area contributed by atoms with Crippen molar-refractivity contribution in [3.05, 3.63) is 0 Å². The van der Waals surface area contributed by atoms with E-state index in [0.717, 1.165) is 12.8 Å². The molecule has 1 aliphatic heterocycles. The van der Waals surface area contributed by atoms with E-state index >= 15 is 0 Å². The molecule has 214 valence electrons. The molecule has 0 aromatic heterocycles. The average molecular weight is 507 g/mol. The quantitative estimate of drug-likeness (QED) is 0.0744. The molecular weight excluding hydrogens is 440 g/mol. The fourth-order valence-electron chi connectivity index (χ4n) is 5.88. The first-order valence-corrected chi connectivity index (χ1v) is 17.0. The maximum Gasteiger partial charge on any atom is 0.313 e. The van der Waals surface area contributed by atoms with Gasteiger partial charge in [0.15, 0.2) is 0 Å². The second kappa shape index (κ2) is 26.1. The van der Waals surface area contributed by atoms with Crippen LogP contribution in [0.3, 0.4) is 0 Å². The van der Waals surface area contributed by atoms with Crippen molar-refractivity contribution in [2.24, 2.45) is 5.92 Å². The van der Waals surface area contributed by atoms with Crippen molar-refractivity contribution in [1.29, 1.82) is 0 Å². The summed E-state index contributed by atoms with van der Waals surface area (Å²) in [7, 11) is 0. The molecule has 0 spiro atoms. The second-order valence-corrected chi connectivity index (χ2v) is 12.0. The monoisotopic (exact) mass is 507 g/mol. The fourth-order valence-corrected chi connectivity index (χ4v) is 5.88. The fraction of sp³-hybridized carbons (Fsp3) is 0.971. The molecule has 0 bridgehead atoms. The Labute approximate surface area is 227 Å². The van der Waals surface area contributed by atoms with Gasteiger partial charge in [0, 0.05) is 0 Å². The lowest BCUT2D eigenvalue weighted by Crippen LogP contribution is -2.44. The molecule has 0 N–H and O–H groups in total. The lowest BCUT2D eigenvalue weighted by atomic mass is 9.87. The van der Waals surface area contributed by atoms with Crippen molar-refractivity contribution in [3.8, 4) is 0 Å². The van der Waals surface area contributed by atoms with E-state index in [2.05, 4.69) is 13.8 Å². The second-order valence-electron chi connectivity index (χ2n) is 12.0. The van der Waals surface area contributed by atoms with Crippen LogP contribution >= 0.6 is 0 Å². The van der Waals surface area contributed by atoms with E-state index in [4.69, 9.17) is 4.74 Å². The van der Waals surface area contributed by atoms with Gasteiger partial charge in [-0.3, -0.25) is 4.79 Å². The zero-order chi connectivity index (χ0) is 25.9. The number of hydrogen-bond donors (Lipinski definition) is 0.